The van der Waals surface area contributed by atoms with Gasteiger partial charge in [0.15, 0.2) is 0 Å². The van der Waals surface area contributed by atoms with Gasteiger partial charge in [0.1, 0.15) is 5.60 Å². The number of likely N-dealkylation sites (tertiary alicyclic amines) is 1. The highest BCUT2D eigenvalue weighted by molar-refractivity contribution is 7.12. The third-order valence-electron chi connectivity index (χ3n) is 4.20. The highest BCUT2D eigenvalue weighted by Crippen LogP contribution is 2.22. The monoisotopic (exact) mass is 352 g/mol. The van der Waals surface area contributed by atoms with Crippen LogP contribution < -0.4 is 0 Å². The average Bonchev–Trinajstić information content (AvgIpc) is 2.91. The average molecular weight is 353 g/mol. The predicted octanol–water partition coefficient (Wildman–Crippen LogP) is 3.78. The first-order valence-electron chi connectivity index (χ1n) is 8.45. The van der Waals surface area contributed by atoms with Crippen LogP contribution in [0, 0.1) is 12.8 Å². The van der Waals surface area contributed by atoms with Gasteiger partial charge in [0, 0.05) is 26.7 Å². The van der Waals surface area contributed by atoms with Crippen LogP contribution in [0.2, 0.25) is 0 Å². The van der Waals surface area contributed by atoms with Crippen molar-refractivity contribution in [1.29, 1.82) is 0 Å². The van der Waals surface area contributed by atoms with E-state index in [1.54, 1.807) is 4.90 Å². The van der Waals surface area contributed by atoms with Crippen LogP contribution in [0.1, 0.15) is 48.8 Å². The standard InChI is InChI=1S/C18H28N2O3S/c1-13-8-11-24-15(13)16(21)19(5)12-14-6-9-20(10-7-14)17(22)23-18(2,3)4/h8,11,14H,6-7,9-10,12H2,1-5H3. The van der Waals surface area contributed by atoms with Gasteiger partial charge in [-0.15, -0.1) is 11.3 Å². The van der Waals surface area contributed by atoms with Gasteiger partial charge in [0.2, 0.25) is 0 Å². The van der Waals surface area contributed by atoms with Crippen LogP contribution in [-0.4, -0.2) is 54.1 Å². The second kappa shape index (κ2) is 7.55. The summed E-state index contributed by atoms with van der Waals surface area (Å²) < 4.78 is 5.42. The number of nitrogens with zero attached hydrogens (tertiary/aromatic N) is 2. The van der Waals surface area contributed by atoms with E-state index < -0.39 is 5.60 Å². The van der Waals surface area contributed by atoms with Crippen LogP contribution in [0.5, 0.6) is 0 Å². The first-order chi connectivity index (χ1) is 11.2. The van der Waals surface area contributed by atoms with Crippen LogP contribution in [0.4, 0.5) is 4.79 Å². The van der Waals surface area contributed by atoms with Gasteiger partial charge in [-0.05, 0) is 63.5 Å². The largest absolute Gasteiger partial charge is 0.444 e. The van der Waals surface area contributed by atoms with E-state index in [0.717, 1.165) is 29.8 Å². The Labute approximate surface area is 148 Å². The maximum absolute atomic E-state index is 12.5. The van der Waals surface area contributed by atoms with Crippen molar-refractivity contribution in [3.63, 3.8) is 0 Å². The SMILES string of the molecule is Cc1ccsc1C(=O)N(C)CC1CCN(C(=O)OC(C)(C)C)CC1. The van der Waals surface area contributed by atoms with Crippen LogP contribution in [0.3, 0.4) is 0 Å². The zero-order valence-corrected chi connectivity index (χ0v) is 16.1. The summed E-state index contributed by atoms with van der Waals surface area (Å²) in [6.45, 7) is 9.73. The number of aryl methyl sites for hydroxylation is 1. The normalized spacial score (nSPS) is 16.1. The van der Waals surface area contributed by atoms with Gasteiger partial charge in [-0.1, -0.05) is 0 Å². The molecule has 1 aliphatic heterocycles. The second-order valence-corrected chi connectivity index (χ2v) is 8.45. The number of piperidine rings is 1. The molecule has 24 heavy (non-hydrogen) atoms. The Balaban J connectivity index is 1.81. The number of carbonyl (C=O) groups excluding carboxylic acids is 2. The fraction of sp³-hybridized carbons (Fsp3) is 0.667. The number of carbonyl (C=O) groups is 2. The summed E-state index contributed by atoms with van der Waals surface area (Å²) in [7, 11) is 1.86. The molecule has 1 aliphatic rings. The molecule has 5 nitrogen and oxygen atoms in total. The number of rotatable bonds is 3. The molecule has 0 radical (unpaired) electrons. The van der Waals surface area contributed by atoms with Crippen molar-refractivity contribution >= 4 is 23.3 Å². The summed E-state index contributed by atoms with van der Waals surface area (Å²) in [6.07, 6.45) is 1.57. The fourth-order valence-corrected chi connectivity index (χ4v) is 3.78. The molecular weight excluding hydrogens is 324 g/mol. The molecule has 0 aromatic carbocycles. The lowest BCUT2D eigenvalue weighted by Gasteiger charge is -2.34. The molecule has 0 N–H and O–H groups in total. The van der Waals surface area contributed by atoms with Crippen molar-refractivity contribution in [3.8, 4) is 0 Å². The summed E-state index contributed by atoms with van der Waals surface area (Å²) in [6, 6.07) is 1.98. The minimum absolute atomic E-state index is 0.0945. The predicted molar refractivity (Wildman–Crippen MR) is 96.5 cm³/mol. The van der Waals surface area contributed by atoms with E-state index in [2.05, 4.69) is 0 Å². The van der Waals surface area contributed by atoms with Crippen molar-refractivity contribution in [1.82, 2.24) is 9.80 Å². The van der Waals surface area contributed by atoms with Crippen LogP contribution in [0.25, 0.3) is 0 Å². The van der Waals surface area contributed by atoms with Crippen molar-refractivity contribution in [2.75, 3.05) is 26.7 Å². The summed E-state index contributed by atoms with van der Waals surface area (Å²) in [5.41, 5.74) is 0.579. The van der Waals surface area contributed by atoms with E-state index in [4.69, 9.17) is 4.74 Å². The minimum Gasteiger partial charge on any atom is -0.444 e. The molecule has 134 valence electrons. The van der Waals surface area contributed by atoms with E-state index in [0.29, 0.717) is 19.0 Å². The van der Waals surface area contributed by atoms with E-state index >= 15 is 0 Å². The van der Waals surface area contributed by atoms with Crippen molar-refractivity contribution < 1.29 is 14.3 Å². The van der Waals surface area contributed by atoms with Gasteiger partial charge in [-0.25, -0.2) is 4.79 Å². The fourth-order valence-electron chi connectivity index (χ4n) is 2.86. The Kier molecular flexibility index (Phi) is 5.91. The van der Waals surface area contributed by atoms with Gasteiger partial charge in [-0.2, -0.15) is 0 Å². The van der Waals surface area contributed by atoms with Gasteiger partial charge < -0.3 is 14.5 Å². The second-order valence-electron chi connectivity index (χ2n) is 7.53. The molecule has 1 saturated heterocycles. The number of thiophene rings is 1. The molecule has 0 aliphatic carbocycles. The third kappa shape index (κ3) is 4.97. The summed E-state index contributed by atoms with van der Waals surface area (Å²) in [5.74, 6) is 0.523. The number of hydrogen-bond donors (Lipinski definition) is 0. The molecule has 0 unspecified atom stereocenters. The molecule has 2 heterocycles. The van der Waals surface area contributed by atoms with Gasteiger partial charge in [0.05, 0.1) is 4.88 Å². The minimum atomic E-state index is -0.459. The topological polar surface area (TPSA) is 49.9 Å². The summed E-state index contributed by atoms with van der Waals surface area (Å²) in [4.78, 5) is 29.0. The molecule has 2 rings (SSSR count). The molecule has 0 atom stereocenters. The van der Waals surface area contributed by atoms with Gasteiger partial charge in [-0.3, -0.25) is 4.79 Å². The molecular formula is C18H28N2O3S. The smallest absolute Gasteiger partial charge is 0.410 e. The van der Waals surface area contributed by atoms with E-state index in [-0.39, 0.29) is 12.0 Å². The van der Waals surface area contributed by atoms with E-state index in [9.17, 15) is 9.59 Å². The Morgan fingerprint density at radius 2 is 1.96 bits per heavy atom. The zero-order chi connectivity index (χ0) is 17.9. The Hall–Kier alpha value is -1.56. The van der Waals surface area contributed by atoms with Crippen molar-refractivity contribution in [3.05, 3.63) is 21.9 Å². The van der Waals surface area contributed by atoms with Crippen LogP contribution >= 0.6 is 11.3 Å². The summed E-state index contributed by atoms with van der Waals surface area (Å²) in [5, 5.41) is 1.95. The van der Waals surface area contributed by atoms with Crippen molar-refractivity contribution in [2.45, 2.75) is 46.1 Å². The molecule has 1 aromatic heterocycles. The maximum Gasteiger partial charge on any atom is 0.410 e. The molecule has 6 heteroatoms. The first-order valence-corrected chi connectivity index (χ1v) is 9.33. The molecule has 0 saturated carbocycles. The Morgan fingerprint density at radius 1 is 1.33 bits per heavy atom. The number of ether oxygens (including phenoxy) is 1. The lowest BCUT2D eigenvalue weighted by Crippen LogP contribution is -2.44. The Bertz CT molecular complexity index is 583. The highest BCUT2D eigenvalue weighted by atomic mass is 32.1. The third-order valence-corrected chi connectivity index (χ3v) is 5.21. The molecule has 1 fully saturated rings. The van der Waals surface area contributed by atoms with E-state index in [1.807, 2.05) is 51.1 Å². The van der Waals surface area contributed by atoms with Crippen LogP contribution in [-0.2, 0) is 4.74 Å². The molecule has 0 spiro atoms. The first kappa shape index (κ1) is 18.8. The van der Waals surface area contributed by atoms with Gasteiger partial charge >= 0.3 is 6.09 Å². The molecule has 1 aromatic rings. The maximum atomic E-state index is 12.5. The number of hydrogen-bond acceptors (Lipinski definition) is 4. The highest BCUT2D eigenvalue weighted by Gasteiger charge is 2.28. The number of amides is 2. The van der Waals surface area contributed by atoms with Gasteiger partial charge in [0.25, 0.3) is 5.91 Å². The zero-order valence-electron chi connectivity index (χ0n) is 15.3. The van der Waals surface area contributed by atoms with E-state index in [1.165, 1.54) is 11.3 Å². The van der Waals surface area contributed by atoms with Crippen molar-refractivity contribution in [2.24, 2.45) is 5.92 Å². The van der Waals surface area contributed by atoms with Crippen LogP contribution in [0.15, 0.2) is 11.4 Å². The molecule has 0 bridgehead atoms. The lowest BCUT2D eigenvalue weighted by molar-refractivity contribution is 0.0171. The lowest BCUT2D eigenvalue weighted by atomic mass is 9.96. The Morgan fingerprint density at radius 3 is 2.46 bits per heavy atom. The summed E-state index contributed by atoms with van der Waals surface area (Å²) >= 11 is 1.50. The molecule has 2 amide bonds. The quantitative estimate of drug-likeness (QED) is 0.832.